The number of amides is 1. The van der Waals surface area contributed by atoms with Crippen molar-refractivity contribution in [3.63, 3.8) is 0 Å². The molecule has 5 nitrogen and oxygen atoms in total. The molecule has 1 heterocycles. The van der Waals surface area contributed by atoms with Crippen molar-refractivity contribution in [2.75, 3.05) is 38.0 Å². The fraction of sp³-hybridized carbons (Fsp3) is 0.350. The van der Waals surface area contributed by atoms with Gasteiger partial charge in [0.05, 0.1) is 6.54 Å². The van der Waals surface area contributed by atoms with E-state index in [4.69, 9.17) is 11.6 Å². The molecule has 28 heavy (non-hydrogen) atoms. The van der Waals surface area contributed by atoms with E-state index >= 15 is 0 Å². The number of ether oxygens (including phenoxy) is 1. The fourth-order valence-electron chi connectivity index (χ4n) is 3.08. The minimum absolute atomic E-state index is 0.0600. The third-order valence-corrected chi connectivity index (χ3v) is 4.77. The van der Waals surface area contributed by atoms with Crippen LogP contribution in [0.15, 0.2) is 48.5 Å². The maximum atomic E-state index is 12.2. The minimum Gasteiger partial charge on any atom is -0.435 e. The van der Waals surface area contributed by atoms with Gasteiger partial charge in [0.2, 0.25) is 5.91 Å². The standard InChI is InChI=1S/C20H22ClF2N3O2/c21-16-3-1-15(2-4-16)13-25-9-11-26(12-10-25)14-19(27)24-17-5-7-18(8-6-17)28-20(22)23/h1-8,20H,9-14H2,(H,24,27). The molecule has 3 rings (SSSR count). The van der Waals surface area contributed by atoms with Crippen LogP contribution in [-0.4, -0.2) is 55.0 Å². The van der Waals surface area contributed by atoms with Crippen molar-refractivity contribution in [2.45, 2.75) is 13.2 Å². The second-order valence-electron chi connectivity index (χ2n) is 6.63. The lowest BCUT2D eigenvalue weighted by Crippen LogP contribution is -2.48. The van der Waals surface area contributed by atoms with E-state index in [1.165, 1.54) is 17.7 Å². The third kappa shape index (κ3) is 6.44. The van der Waals surface area contributed by atoms with Gasteiger partial charge in [0.25, 0.3) is 0 Å². The van der Waals surface area contributed by atoms with Crippen molar-refractivity contribution >= 4 is 23.2 Å². The Morgan fingerprint density at radius 2 is 1.61 bits per heavy atom. The average Bonchev–Trinajstić information content (AvgIpc) is 2.66. The molecule has 0 atom stereocenters. The number of anilines is 1. The predicted molar refractivity (Wildman–Crippen MR) is 105 cm³/mol. The molecule has 2 aromatic carbocycles. The number of nitrogens with zero attached hydrogens (tertiary/aromatic N) is 2. The number of piperazine rings is 1. The number of carbonyl (C=O) groups is 1. The first-order valence-electron chi connectivity index (χ1n) is 9.02. The van der Waals surface area contributed by atoms with Gasteiger partial charge in [0.1, 0.15) is 5.75 Å². The zero-order chi connectivity index (χ0) is 19.9. The van der Waals surface area contributed by atoms with Gasteiger partial charge < -0.3 is 10.1 Å². The van der Waals surface area contributed by atoms with Crippen LogP contribution in [0, 0.1) is 0 Å². The largest absolute Gasteiger partial charge is 0.435 e. The summed E-state index contributed by atoms with van der Waals surface area (Å²) in [5.74, 6) is -0.0708. The Morgan fingerprint density at radius 1 is 1.00 bits per heavy atom. The number of nitrogens with one attached hydrogen (secondary N) is 1. The molecule has 1 N–H and O–H groups in total. The van der Waals surface area contributed by atoms with Crippen LogP contribution in [0.5, 0.6) is 5.75 Å². The molecule has 0 unspecified atom stereocenters. The highest BCUT2D eigenvalue weighted by molar-refractivity contribution is 6.30. The Balaban J connectivity index is 1.40. The molecule has 1 aliphatic rings. The second kappa shape index (κ2) is 9.82. The summed E-state index contributed by atoms with van der Waals surface area (Å²) < 4.78 is 28.6. The topological polar surface area (TPSA) is 44.8 Å². The van der Waals surface area contributed by atoms with Crippen LogP contribution in [0.4, 0.5) is 14.5 Å². The molecular formula is C20H22ClF2N3O2. The van der Waals surface area contributed by atoms with E-state index in [1.807, 2.05) is 24.3 Å². The van der Waals surface area contributed by atoms with Gasteiger partial charge in [0.15, 0.2) is 0 Å². The summed E-state index contributed by atoms with van der Waals surface area (Å²) in [5.41, 5.74) is 1.77. The molecule has 0 spiro atoms. The predicted octanol–water partition coefficient (Wildman–Crippen LogP) is 3.70. The fourth-order valence-corrected chi connectivity index (χ4v) is 3.20. The molecule has 1 saturated heterocycles. The number of hydrogen-bond donors (Lipinski definition) is 1. The number of halogens is 3. The molecule has 2 aromatic rings. The van der Waals surface area contributed by atoms with E-state index in [0.29, 0.717) is 12.2 Å². The zero-order valence-corrected chi connectivity index (χ0v) is 16.0. The van der Waals surface area contributed by atoms with E-state index in [0.717, 1.165) is 37.7 Å². The Morgan fingerprint density at radius 3 is 2.21 bits per heavy atom. The molecule has 1 fully saturated rings. The summed E-state index contributed by atoms with van der Waals surface area (Å²) in [6.07, 6.45) is 0. The number of benzene rings is 2. The lowest BCUT2D eigenvalue weighted by atomic mass is 10.2. The Kier molecular flexibility index (Phi) is 7.19. The van der Waals surface area contributed by atoms with Gasteiger partial charge in [-0.1, -0.05) is 23.7 Å². The van der Waals surface area contributed by atoms with Crippen LogP contribution in [0.25, 0.3) is 0 Å². The zero-order valence-electron chi connectivity index (χ0n) is 15.3. The Labute approximate surface area is 167 Å². The lowest BCUT2D eigenvalue weighted by Gasteiger charge is -2.34. The van der Waals surface area contributed by atoms with E-state index in [9.17, 15) is 13.6 Å². The average molecular weight is 410 g/mol. The molecule has 8 heteroatoms. The smallest absolute Gasteiger partial charge is 0.387 e. The van der Waals surface area contributed by atoms with Crippen molar-refractivity contribution < 1.29 is 18.3 Å². The molecule has 150 valence electrons. The van der Waals surface area contributed by atoms with Crippen molar-refractivity contribution in [2.24, 2.45) is 0 Å². The molecule has 0 radical (unpaired) electrons. The van der Waals surface area contributed by atoms with Gasteiger partial charge in [-0.2, -0.15) is 8.78 Å². The highest BCUT2D eigenvalue weighted by Crippen LogP contribution is 2.18. The summed E-state index contributed by atoms with van der Waals surface area (Å²) >= 11 is 5.91. The maximum absolute atomic E-state index is 12.2. The number of alkyl halides is 2. The van der Waals surface area contributed by atoms with E-state index in [2.05, 4.69) is 19.9 Å². The molecule has 0 saturated carbocycles. The van der Waals surface area contributed by atoms with Crippen molar-refractivity contribution in [3.05, 3.63) is 59.1 Å². The molecule has 0 aliphatic carbocycles. The van der Waals surface area contributed by atoms with Gasteiger partial charge in [-0.3, -0.25) is 14.6 Å². The quantitative estimate of drug-likeness (QED) is 0.757. The summed E-state index contributed by atoms with van der Waals surface area (Å²) in [6.45, 7) is 1.68. The first kappa shape index (κ1) is 20.5. The first-order valence-corrected chi connectivity index (χ1v) is 9.39. The lowest BCUT2D eigenvalue weighted by molar-refractivity contribution is -0.117. The van der Waals surface area contributed by atoms with Crippen molar-refractivity contribution in [3.8, 4) is 5.75 Å². The summed E-state index contributed by atoms with van der Waals surface area (Å²) in [4.78, 5) is 16.7. The molecule has 0 aromatic heterocycles. The van der Waals surface area contributed by atoms with Crippen LogP contribution in [-0.2, 0) is 11.3 Å². The maximum Gasteiger partial charge on any atom is 0.387 e. The van der Waals surface area contributed by atoms with Gasteiger partial charge in [-0.25, -0.2) is 0 Å². The summed E-state index contributed by atoms with van der Waals surface area (Å²) in [6, 6.07) is 13.7. The van der Waals surface area contributed by atoms with Crippen LogP contribution >= 0.6 is 11.6 Å². The van der Waals surface area contributed by atoms with Crippen LogP contribution in [0.1, 0.15) is 5.56 Å². The normalized spacial score (nSPS) is 15.6. The van der Waals surface area contributed by atoms with Crippen molar-refractivity contribution in [1.29, 1.82) is 0 Å². The molecular weight excluding hydrogens is 388 g/mol. The SMILES string of the molecule is O=C(CN1CCN(Cc2ccc(Cl)cc2)CC1)Nc1ccc(OC(F)F)cc1. The highest BCUT2D eigenvalue weighted by atomic mass is 35.5. The first-order chi connectivity index (χ1) is 13.5. The monoisotopic (exact) mass is 409 g/mol. The summed E-state index contributed by atoms with van der Waals surface area (Å²) in [7, 11) is 0. The molecule has 0 bridgehead atoms. The Hall–Kier alpha value is -2.22. The number of carbonyl (C=O) groups excluding carboxylic acids is 1. The van der Waals surface area contributed by atoms with Gasteiger partial charge >= 0.3 is 6.61 Å². The van der Waals surface area contributed by atoms with Crippen LogP contribution in [0.3, 0.4) is 0 Å². The highest BCUT2D eigenvalue weighted by Gasteiger charge is 2.19. The van der Waals surface area contributed by atoms with Gasteiger partial charge in [-0.05, 0) is 42.0 Å². The number of rotatable bonds is 7. The molecule has 1 aliphatic heterocycles. The molecule has 1 amide bonds. The van der Waals surface area contributed by atoms with Gasteiger partial charge in [-0.15, -0.1) is 0 Å². The van der Waals surface area contributed by atoms with E-state index in [1.54, 1.807) is 12.1 Å². The number of hydrogen-bond acceptors (Lipinski definition) is 4. The van der Waals surface area contributed by atoms with E-state index < -0.39 is 6.61 Å². The third-order valence-electron chi connectivity index (χ3n) is 4.51. The summed E-state index contributed by atoms with van der Waals surface area (Å²) in [5, 5.41) is 3.51. The van der Waals surface area contributed by atoms with Crippen LogP contribution < -0.4 is 10.1 Å². The minimum atomic E-state index is -2.86. The van der Waals surface area contributed by atoms with Crippen LogP contribution in [0.2, 0.25) is 5.02 Å². The Bertz CT molecular complexity index is 764. The van der Waals surface area contributed by atoms with Crippen molar-refractivity contribution in [1.82, 2.24) is 9.80 Å². The second-order valence-corrected chi connectivity index (χ2v) is 7.07. The van der Waals surface area contributed by atoms with E-state index in [-0.39, 0.29) is 11.7 Å². The van der Waals surface area contributed by atoms with Gasteiger partial charge in [0, 0.05) is 43.4 Å².